The first-order valence-electron chi connectivity index (χ1n) is 5.17. The van der Waals surface area contributed by atoms with E-state index in [1.165, 1.54) is 0 Å². The van der Waals surface area contributed by atoms with E-state index in [1.54, 1.807) is 0 Å². The van der Waals surface area contributed by atoms with E-state index in [1.807, 2.05) is 0 Å². The smallest absolute Gasteiger partial charge is 0.447 e. The molecule has 1 rings (SSSR count). The summed E-state index contributed by atoms with van der Waals surface area (Å²) in [6, 6.07) is 0. The maximum atomic E-state index is 11.7. The van der Waals surface area contributed by atoms with Crippen LogP contribution in [0.3, 0.4) is 0 Å². The van der Waals surface area contributed by atoms with Crippen molar-refractivity contribution in [2.24, 2.45) is 0 Å². The number of hydrogen-bond donors (Lipinski definition) is 0. The standard InChI is InChI=1S/C8H16BF3NO2.K/c10-9(11,12)8-15-5-1-2-13-3-6-14-7-4-13;/h1-8H2;/q-1;+1. The van der Waals surface area contributed by atoms with Gasteiger partial charge in [-0.3, -0.25) is 4.90 Å². The number of hydrogen-bond acceptors (Lipinski definition) is 3. The fraction of sp³-hybridized carbons (Fsp3) is 1.00. The summed E-state index contributed by atoms with van der Waals surface area (Å²) >= 11 is 0. The summed E-state index contributed by atoms with van der Waals surface area (Å²) in [4.78, 5) is 2.17. The first kappa shape index (κ1) is 17.4. The van der Waals surface area contributed by atoms with Gasteiger partial charge in [-0.25, -0.2) is 0 Å². The van der Waals surface area contributed by atoms with Gasteiger partial charge in [-0.05, 0) is 6.42 Å². The molecule has 1 aliphatic heterocycles. The third-order valence-corrected chi connectivity index (χ3v) is 2.17. The summed E-state index contributed by atoms with van der Waals surface area (Å²) in [5.74, 6) is 0. The van der Waals surface area contributed by atoms with Crippen LogP contribution in [0.1, 0.15) is 6.42 Å². The van der Waals surface area contributed by atoms with Crippen LogP contribution in [0.5, 0.6) is 0 Å². The SMILES string of the molecule is F[B-](F)(F)COCCCN1CCOCC1.[K+]. The van der Waals surface area contributed by atoms with Crippen molar-refractivity contribution in [1.29, 1.82) is 0 Å². The van der Waals surface area contributed by atoms with Crippen LogP contribution in [0.15, 0.2) is 0 Å². The van der Waals surface area contributed by atoms with Crippen molar-refractivity contribution in [3.8, 4) is 0 Å². The van der Waals surface area contributed by atoms with E-state index in [4.69, 9.17) is 4.74 Å². The number of morpholine rings is 1. The second-order valence-electron chi connectivity index (χ2n) is 3.59. The van der Waals surface area contributed by atoms with Gasteiger partial charge in [-0.15, -0.1) is 0 Å². The largest absolute Gasteiger partial charge is 1.00 e. The summed E-state index contributed by atoms with van der Waals surface area (Å²) in [5.41, 5.74) is 0. The van der Waals surface area contributed by atoms with E-state index in [9.17, 15) is 12.9 Å². The molecular weight excluding hydrogens is 249 g/mol. The molecule has 0 spiro atoms. The maximum absolute atomic E-state index is 11.7. The van der Waals surface area contributed by atoms with Crippen molar-refractivity contribution in [3.63, 3.8) is 0 Å². The number of halogens is 3. The topological polar surface area (TPSA) is 21.7 Å². The molecule has 0 aromatic carbocycles. The normalized spacial score (nSPS) is 18.2. The van der Waals surface area contributed by atoms with Crippen molar-refractivity contribution < 1.29 is 73.8 Å². The Labute approximate surface area is 137 Å². The molecule has 0 N–H and O–H groups in total. The number of rotatable bonds is 6. The third kappa shape index (κ3) is 9.41. The van der Waals surface area contributed by atoms with Gasteiger partial charge in [0, 0.05) is 32.7 Å². The van der Waals surface area contributed by atoms with E-state index < -0.39 is 13.5 Å². The molecule has 1 saturated heterocycles. The summed E-state index contributed by atoms with van der Waals surface area (Å²) in [5, 5.41) is 0. The Kier molecular flexibility index (Phi) is 10.1. The molecule has 0 atom stereocenters. The number of nitrogens with zero attached hydrogens (tertiary/aromatic N) is 1. The van der Waals surface area contributed by atoms with Gasteiger partial charge in [0.1, 0.15) is 0 Å². The van der Waals surface area contributed by atoms with E-state index >= 15 is 0 Å². The first-order valence-corrected chi connectivity index (χ1v) is 5.17. The van der Waals surface area contributed by atoms with Crippen LogP contribution in [-0.4, -0.2) is 57.8 Å². The Morgan fingerprint density at radius 3 is 2.38 bits per heavy atom. The monoisotopic (exact) mass is 265 g/mol. The van der Waals surface area contributed by atoms with E-state index in [-0.39, 0.29) is 58.0 Å². The Bertz CT molecular complexity index is 179. The molecule has 0 bridgehead atoms. The van der Waals surface area contributed by atoms with Gasteiger partial charge in [0.25, 0.3) is 0 Å². The first-order chi connectivity index (χ1) is 7.08. The molecule has 1 aliphatic rings. The molecule has 3 nitrogen and oxygen atoms in total. The molecule has 90 valence electrons. The van der Waals surface area contributed by atoms with Crippen LogP contribution in [0.4, 0.5) is 12.9 Å². The molecular formula is C8H16BF3KNO2. The van der Waals surface area contributed by atoms with Gasteiger partial charge in [-0.1, -0.05) is 0 Å². The van der Waals surface area contributed by atoms with Crippen LogP contribution in [0.2, 0.25) is 0 Å². The van der Waals surface area contributed by atoms with E-state index in [2.05, 4.69) is 9.64 Å². The van der Waals surface area contributed by atoms with Gasteiger partial charge in [-0.2, -0.15) is 0 Å². The summed E-state index contributed by atoms with van der Waals surface area (Å²) in [7, 11) is 0. The predicted molar refractivity (Wildman–Crippen MR) is 51.8 cm³/mol. The summed E-state index contributed by atoms with van der Waals surface area (Å²) in [6.07, 6.45) is 0.645. The minimum atomic E-state index is -4.79. The van der Waals surface area contributed by atoms with Crippen LogP contribution < -0.4 is 51.4 Å². The Morgan fingerprint density at radius 1 is 1.19 bits per heavy atom. The molecule has 16 heavy (non-hydrogen) atoms. The molecule has 0 amide bonds. The van der Waals surface area contributed by atoms with Crippen LogP contribution in [-0.2, 0) is 9.47 Å². The Morgan fingerprint density at radius 2 is 1.81 bits per heavy atom. The van der Waals surface area contributed by atoms with E-state index in [0.717, 1.165) is 19.6 Å². The number of ether oxygens (including phenoxy) is 2. The zero-order valence-electron chi connectivity index (χ0n) is 9.63. The molecule has 1 heterocycles. The summed E-state index contributed by atoms with van der Waals surface area (Å²) in [6.45, 7) is -1.75. The molecule has 8 heteroatoms. The molecule has 0 aliphatic carbocycles. The molecule has 0 unspecified atom stereocenters. The third-order valence-electron chi connectivity index (χ3n) is 2.17. The fourth-order valence-electron chi connectivity index (χ4n) is 1.43. The molecule has 0 saturated carbocycles. The van der Waals surface area contributed by atoms with Gasteiger partial charge in [0.15, 0.2) is 0 Å². The molecule has 0 radical (unpaired) electrons. The Hall–Kier alpha value is 1.37. The molecule has 0 aromatic rings. The molecule has 0 aromatic heterocycles. The summed E-state index contributed by atoms with van der Waals surface area (Å²) < 4.78 is 44.9. The predicted octanol–water partition coefficient (Wildman–Crippen LogP) is -1.88. The van der Waals surface area contributed by atoms with Crippen LogP contribution in [0, 0.1) is 0 Å². The second-order valence-corrected chi connectivity index (χ2v) is 3.59. The minimum Gasteiger partial charge on any atom is -0.447 e. The maximum Gasteiger partial charge on any atom is 1.00 e. The van der Waals surface area contributed by atoms with E-state index in [0.29, 0.717) is 19.6 Å². The molecule has 1 fully saturated rings. The average Bonchev–Trinajstić information content (AvgIpc) is 2.17. The van der Waals surface area contributed by atoms with Crippen molar-refractivity contribution in [3.05, 3.63) is 0 Å². The van der Waals surface area contributed by atoms with Gasteiger partial charge in [0.05, 0.1) is 13.2 Å². The van der Waals surface area contributed by atoms with Gasteiger partial charge in [0.2, 0.25) is 0 Å². The zero-order chi connectivity index (χ0) is 11.1. The fourth-order valence-corrected chi connectivity index (χ4v) is 1.43. The van der Waals surface area contributed by atoms with Crippen molar-refractivity contribution >= 4 is 6.98 Å². The minimum absolute atomic E-state index is 0. The van der Waals surface area contributed by atoms with Gasteiger partial charge < -0.3 is 22.4 Å². The van der Waals surface area contributed by atoms with Crippen molar-refractivity contribution in [2.45, 2.75) is 6.42 Å². The van der Waals surface area contributed by atoms with Crippen LogP contribution >= 0.6 is 0 Å². The van der Waals surface area contributed by atoms with Crippen molar-refractivity contribution in [2.75, 3.05) is 46.0 Å². The van der Waals surface area contributed by atoms with Gasteiger partial charge >= 0.3 is 58.4 Å². The Balaban J connectivity index is 0.00000225. The van der Waals surface area contributed by atoms with Crippen LogP contribution in [0.25, 0.3) is 0 Å². The quantitative estimate of drug-likeness (QED) is 0.414. The average molecular weight is 265 g/mol. The zero-order valence-corrected chi connectivity index (χ0v) is 12.8. The second kappa shape index (κ2) is 9.32. The van der Waals surface area contributed by atoms with Crippen molar-refractivity contribution in [1.82, 2.24) is 4.90 Å².